The van der Waals surface area contributed by atoms with Gasteiger partial charge in [-0.3, -0.25) is 4.68 Å². The van der Waals surface area contributed by atoms with Gasteiger partial charge in [0.05, 0.1) is 6.54 Å². The first-order valence-corrected chi connectivity index (χ1v) is 5.28. The maximum Gasteiger partial charge on any atom is 0.137 e. The van der Waals surface area contributed by atoms with E-state index in [0.29, 0.717) is 0 Å². The first kappa shape index (κ1) is 11.7. The van der Waals surface area contributed by atoms with Gasteiger partial charge in [0, 0.05) is 5.41 Å². The first-order valence-electron chi connectivity index (χ1n) is 5.28. The summed E-state index contributed by atoms with van der Waals surface area (Å²) in [5.41, 5.74) is 1.33. The molecule has 0 aliphatic carbocycles. The molecule has 0 saturated carbocycles. The second kappa shape index (κ2) is 4.91. The zero-order valence-electron chi connectivity index (χ0n) is 9.77. The molecular formula is C12H19N3. The summed E-state index contributed by atoms with van der Waals surface area (Å²) in [6, 6.07) is 0. The average molecular weight is 205 g/mol. The fourth-order valence-corrected chi connectivity index (χ4v) is 1.78. The second-order valence-corrected chi connectivity index (χ2v) is 3.78. The second-order valence-electron chi connectivity index (χ2n) is 3.78. The Morgan fingerprint density at radius 2 is 2.33 bits per heavy atom. The van der Waals surface area contributed by atoms with Gasteiger partial charge >= 0.3 is 0 Å². The van der Waals surface area contributed by atoms with Gasteiger partial charge in [-0.15, -0.1) is 6.58 Å². The molecule has 1 heterocycles. The van der Waals surface area contributed by atoms with E-state index < -0.39 is 0 Å². The van der Waals surface area contributed by atoms with E-state index in [1.165, 1.54) is 5.57 Å². The van der Waals surface area contributed by atoms with E-state index in [1.807, 2.05) is 10.8 Å². The molecule has 0 aliphatic heterocycles. The monoisotopic (exact) mass is 205 g/mol. The Bertz CT molecular complexity index is 338. The summed E-state index contributed by atoms with van der Waals surface area (Å²) in [6.45, 7) is 11.1. The maximum atomic E-state index is 4.14. The molecule has 0 spiro atoms. The van der Waals surface area contributed by atoms with Crippen molar-refractivity contribution in [1.29, 1.82) is 0 Å². The quantitative estimate of drug-likeness (QED) is 0.692. The zero-order valence-corrected chi connectivity index (χ0v) is 9.77. The molecule has 0 fully saturated rings. The normalized spacial score (nSPS) is 16.1. The van der Waals surface area contributed by atoms with E-state index in [2.05, 4.69) is 43.5 Å². The summed E-state index contributed by atoms with van der Waals surface area (Å²) in [6.07, 6.45) is 8.49. The van der Waals surface area contributed by atoms with Crippen LogP contribution in [0.15, 0.2) is 37.0 Å². The van der Waals surface area contributed by atoms with Gasteiger partial charge in [-0.25, -0.2) is 4.98 Å². The Morgan fingerprint density at radius 3 is 2.73 bits per heavy atom. The third-order valence-electron chi connectivity index (χ3n) is 3.15. The van der Waals surface area contributed by atoms with Crippen molar-refractivity contribution in [3.8, 4) is 0 Å². The van der Waals surface area contributed by atoms with Crippen LogP contribution in [0.3, 0.4) is 0 Å². The molecule has 1 unspecified atom stereocenters. The van der Waals surface area contributed by atoms with E-state index in [0.717, 1.165) is 13.0 Å². The summed E-state index contributed by atoms with van der Waals surface area (Å²) in [7, 11) is 0. The van der Waals surface area contributed by atoms with Crippen LogP contribution in [0, 0.1) is 5.41 Å². The highest BCUT2D eigenvalue weighted by Crippen LogP contribution is 2.33. The smallest absolute Gasteiger partial charge is 0.137 e. The van der Waals surface area contributed by atoms with Gasteiger partial charge in [-0.2, -0.15) is 5.10 Å². The zero-order chi connectivity index (χ0) is 11.3. The number of allylic oxidation sites excluding steroid dienone is 3. The Morgan fingerprint density at radius 1 is 1.60 bits per heavy atom. The molecule has 1 atom stereocenters. The third kappa shape index (κ3) is 2.35. The lowest BCUT2D eigenvalue weighted by atomic mass is 9.78. The van der Waals surface area contributed by atoms with Gasteiger partial charge in [0.25, 0.3) is 0 Å². The Kier molecular flexibility index (Phi) is 3.83. The van der Waals surface area contributed by atoms with Crippen LogP contribution in [0.5, 0.6) is 0 Å². The summed E-state index contributed by atoms with van der Waals surface area (Å²) in [4.78, 5) is 3.96. The Labute approximate surface area is 91.5 Å². The number of hydrogen-bond donors (Lipinski definition) is 0. The molecule has 15 heavy (non-hydrogen) atoms. The third-order valence-corrected chi connectivity index (χ3v) is 3.15. The van der Waals surface area contributed by atoms with Gasteiger partial charge in [0.2, 0.25) is 0 Å². The molecule has 0 aliphatic rings. The van der Waals surface area contributed by atoms with Crippen molar-refractivity contribution >= 4 is 0 Å². The van der Waals surface area contributed by atoms with E-state index in [1.54, 1.807) is 12.7 Å². The minimum atomic E-state index is 0.00243. The number of aromatic nitrogens is 3. The average Bonchev–Trinajstić information content (AvgIpc) is 2.77. The minimum absolute atomic E-state index is 0.00243. The van der Waals surface area contributed by atoms with Crippen LogP contribution >= 0.6 is 0 Å². The molecule has 1 aromatic rings. The topological polar surface area (TPSA) is 30.7 Å². The molecule has 1 rings (SSSR count). The predicted octanol–water partition coefficient (Wildman–Crippen LogP) is 2.83. The van der Waals surface area contributed by atoms with Crippen molar-refractivity contribution in [2.75, 3.05) is 0 Å². The van der Waals surface area contributed by atoms with Crippen molar-refractivity contribution in [3.63, 3.8) is 0 Å². The van der Waals surface area contributed by atoms with E-state index in [4.69, 9.17) is 0 Å². The van der Waals surface area contributed by atoms with Crippen LogP contribution in [0.2, 0.25) is 0 Å². The predicted molar refractivity (Wildman–Crippen MR) is 62.4 cm³/mol. The van der Waals surface area contributed by atoms with Crippen molar-refractivity contribution in [2.45, 2.75) is 33.7 Å². The van der Waals surface area contributed by atoms with Gasteiger partial charge in [0.15, 0.2) is 0 Å². The highest BCUT2D eigenvalue weighted by atomic mass is 15.3. The van der Waals surface area contributed by atoms with Crippen molar-refractivity contribution < 1.29 is 0 Å². The van der Waals surface area contributed by atoms with Gasteiger partial charge in [0.1, 0.15) is 12.7 Å². The van der Waals surface area contributed by atoms with Crippen LogP contribution in [0.4, 0.5) is 0 Å². The molecule has 1 aromatic heterocycles. The van der Waals surface area contributed by atoms with E-state index >= 15 is 0 Å². The highest BCUT2D eigenvalue weighted by molar-refractivity contribution is 5.18. The Balaban J connectivity index is 2.96. The van der Waals surface area contributed by atoms with Crippen LogP contribution < -0.4 is 0 Å². The van der Waals surface area contributed by atoms with Crippen molar-refractivity contribution in [2.24, 2.45) is 5.41 Å². The highest BCUT2D eigenvalue weighted by Gasteiger charge is 2.26. The Hall–Kier alpha value is -1.38. The fraction of sp³-hybridized carbons (Fsp3) is 0.500. The summed E-state index contributed by atoms with van der Waals surface area (Å²) in [5.74, 6) is 0. The largest absolute Gasteiger partial charge is 0.252 e. The standard InChI is InChI=1S/C12H19N3/c1-5-11(4)12(6-2,7-3)8-15-10-13-9-14-15/h5-6,9-10H,2,7-8H2,1,3-4H3/b11-5+. The number of hydrogen-bond acceptors (Lipinski definition) is 2. The SMILES string of the molecule is C=CC(CC)(Cn1cncn1)/C(C)=C/C. The number of rotatable bonds is 5. The lowest BCUT2D eigenvalue weighted by Crippen LogP contribution is -2.25. The summed E-state index contributed by atoms with van der Waals surface area (Å²) >= 11 is 0. The first-order chi connectivity index (χ1) is 7.18. The molecule has 3 nitrogen and oxygen atoms in total. The van der Waals surface area contributed by atoms with Crippen LogP contribution in [-0.2, 0) is 6.54 Å². The van der Waals surface area contributed by atoms with Gasteiger partial charge in [-0.05, 0) is 20.3 Å². The molecule has 0 amide bonds. The molecular weight excluding hydrogens is 186 g/mol. The van der Waals surface area contributed by atoms with Crippen LogP contribution in [0.1, 0.15) is 27.2 Å². The van der Waals surface area contributed by atoms with E-state index in [-0.39, 0.29) is 5.41 Å². The van der Waals surface area contributed by atoms with Crippen molar-refractivity contribution in [1.82, 2.24) is 14.8 Å². The van der Waals surface area contributed by atoms with Crippen LogP contribution in [0.25, 0.3) is 0 Å². The summed E-state index contributed by atoms with van der Waals surface area (Å²) in [5, 5.41) is 4.14. The van der Waals surface area contributed by atoms with E-state index in [9.17, 15) is 0 Å². The molecule has 0 saturated heterocycles. The molecule has 3 heteroatoms. The lowest BCUT2D eigenvalue weighted by molar-refractivity contribution is 0.351. The molecule has 0 aromatic carbocycles. The summed E-state index contributed by atoms with van der Waals surface area (Å²) < 4.78 is 1.86. The minimum Gasteiger partial charge on any atom is -0.252 e. The maximum absolute atomic E-state index is 4.14. The van der Waals surface area contributed by atoms with Gasteiger partial charge in [-0.1, -0.05) is 24.6 Å². The molecule has 0 radical (unpaired) electrons. The molecule has 0 bridgehead atoms. The van der Waals surface area contributed by atoms with Gasteiger partial charge < -0.3 is 0 Å². The number of nitrogens with zero attached hydrogens (tertiary/aromatic N) is 3. The lowest BCUT2D eigenvalue weighted by Gasteiger charge is -2.30. The fourth-order valence-electron chi connectivity index (χ4n) is 1.78. The van der Waals surface area contributed by atoms with Crippen molar-refractivity contribution in [3.05, 3.63) is 37.0 Å². The molecule has 0 N–H and O–H groups in total. The molecule has 82 valence electrons. The van der Waals surface area contributed by atoms with Crippen LogP contribution in [-0.4, -0.2) is 14.8 Å².